The summed E-state index contributed by atoms with van der Waals surface area (Å²) in [5.41, 5.74) is 0.346. The minimum Gasteiger partial charge on any atom is -0.458 e. The Morgan fingerprint density at radius 1 is 1.31 bits per heavy atom. The summed E-state index contributed by atoms with van der Waals surface area (Å²) >= 11 is 0. The van der Waals surface area contributed by atoms with Crippen molar-refractivity contribution in [2.75, 3.05) is 26.4 Å². The Morgan fingerprint density at radius 2 is 2.03 bits per heavy atom. The maximum atomic E-state index is 13.4. The van der Waals surface area contributed by atoms with Crippen LogP contribution in [0.5, 0.6) is 0 Å². The molecule has 0 aromatic heterocycles. The van der Waals surface area contributed by atoms with Gasteiger partial charge in [0.15, 0.2) is 0 Å². The highest BCUT2D eigenvalue weighted by atomic mass is 19.1. The number of aliphatic hydroxyl groups is 1. The lowest BCUT2D eigenvalue weighted by atomic mass is 9.69. The Hall–Kier alpha value is -1.76. The second-order valence-electron chi connectivity index (χ2n) is 8.98. The summed E-state index contributed by atoms with van der Waals surface area (Å²) in [6.45, 7) is 6.35. The summed E-state index contributed by atoms with van der Waals surface area (Å²) in [7, 11) is 0. The molecular weight excluding hydrogens is 375 g/mol. The summed E-state index contributed by atoms with van der Waals surface area (Å²) < 4.78 is 29.9. The van der Waals surface area contributed by atoms with Crippen LogP contribution in [0.2, 0.25) is 0 Å². The molecule has 160 valence electrons. The second-order valence-corrected chi connectivity index (χ2v) is 8.98. The van der Waals surface area contributed by atoms with Crippen LogP contribution in [0.25, 0.3) is 0 Å². The quantitative estimate of drug-likeness (QED) is 0.407. The Balaban J connectivity index is 1.57. The van der Waals surface area contributed by atoms with E-state index in [9.17, 15) is 14.3 Å². The first kappa shape index (κ1) is 21.9. The molecule has 1 N–H and O–H groups in total. The van der Waals surface area contributed by atoms with E-state index in [0.29, 0.717) is 13.2 Å². The van der Waals surface area contributed by atoms with E-state index in [4.69, 9.17) is 14.2 Å². The van der Waals surface area contributed by atoms with E-state index in [0.717, 1.165) is 18.4 Å². The zero-order valence-electron chi connectivity index (χ0n) is 17.4. The normalized spacial score (nSPS) is 28.9. The number of carbonyl (C=O) groups is 1. The molecule has 0 amide bonds. The number of halogens is 1. The number of aliphatic hydroxyl groups excluding tert-OH is 1. The van der Waals surface area contributed by atoms with Gasteiger partial charge in [0.25, 0.3) is 0 Å². The summed E-state index contributed by atoms with van der Waals surface area (Å²) in [4.78, 5) is 11.7. The number of fused-ring (bicyclic) bond motifs is 2. The molecule has 2 bridgehead atoms. The summed E-state index contributed by atoms with van der Waals surface area (Å²) in [6.07, 6.45) is 5.57. The van der Waals surface area contributed by atoms with E-state index in [1.54, 1.807) is 0 Å². The van der Waals surface area contributed by atoms with Crippen LogP contribution in [0.3, 0.4) is 0 Å². The summed E-state index contributed by atoms with van der Waals surface area (Å²) in [6, 6.07) is 6.64. The molecule has 1 aromatic carbocycles. The summed E-state index contributed by atoms with van der Waals surface area (Å²) in [5, 5.41) is 9.92. The lowest BCUT2D eigenvalue weighted by Crippen LogP contribution is -2.40. The SMILES string of the molecule is CC(C)(C)OC(=O)COC/C=C\C[C@H]1[C@H](CO)[C@@H]2C[C@@]1(c1ccc(F)cc1)CO2. The second kappa shape index (κ2) is 8.94. The van der Waals surface area contributed by atoms with Gasteiger partial charge < -0.3 is 19.3 Å². The van der Waals surface area contributed by atoms with Crippen LogP contribution in [-0.4, -0.2) is 49.2 Å². The smallest absolute Gasteiger partial charge is 0.332 e. The molecule has 0 spiro atoms. The van der Waals surface area contributed by atoms with Gasteiger partial charge in [0, 0.05) is 17.9 Å². The number of esters is 1. The first-order chi connectivity index (χ1) is 13.7. The van der Waals surface area contributed by atoms with Gasteiger partial charge in [0.2, 0.25) is 0 Å². The fourth-order valence-electron chi connectivity index (χ4n) is 4.67. The maximum absolute atomic E-state index is 13.4. The molecule has 6 heteroatoms. The average molecular weight is 406 g/mol. The van der Waals surface area contributed by atoms with Crippen LogP contribution in [0.4, 0.5) is 4.39 Å². The van der Waals surface area contributed by atoms with Crippen LogP contribution in [0.15, 0.2) is 36.4 Å². The van der Waals surface area contributed by atoms with Gasteiger partial charge in [-0.05, 0) is 57.2 Å². The third kappa shape index (κ3) is 5.05. The van der Waals surface area contributed by atoms with E-state index in [1.165, 1.54) is 12.1 Å². The highest BCUT2D eigenvalue weighted by Crippen LogP contribution is 2.56. The molecule has 3 rings (SSSR count). The van der Waals surface area contributed by atoms with Crippen molar-refractivity contribution in [2.45, 2.75) is 50.7 Å². The molecule has 1 saturated carbocycles. The van der Waals surface area contributed by atoms with Crippen molar-refractivity contribution in [3.05, 3.63) is 47.8 Å². The van der Waals surface area contributed by atoms with Crippen LogP contribution in [-0.2, 0) is 24.4 Å². The Morgan fingerprint density at radius 3 is 2.69 bits per heavy atom. The molecule has 1 aliphatic heterocycles. The molecule has 0 unspecified atom stereocenters. The predicted molar refractivity (Wildman–Crippen MR) is 107 cm³/mol. The monoisotopic (exact) mass is 406 g/mol. The Bertz CT molecular complexity index is 724. The molecule has 1 aromatic rings. The van der Waals surface area contributed by atoms with Crippen molar-refractivity contribution in [2.24, 2.45) is 11.8 Å². The molecule has 5 nitrogen and oxygen atoms in total. The molecule has 1 aliphatic carbocycles. The van der Waals surface area contributed by atoms with Gasteiger partial charge in [-0.25, -0.2) is 9.18 Å². The highest BCUT2D eigenvalue weighted by molar-refractivity contribution is 5.71. The number of hydrogen-bond donors (Lipinski definition) is 1. The molecular formula is C23H31FO5. The number of hydrogen-bond acceptors (Lipinski definition) is 5. The predicted octanol–water partition coefficient (Wildman–Crippen LogP) is 3.40. The standard InChI is InChI=1S/C23H31FO5/c1-22(2,3)29-21(26)14-27-11-5-4-6-19-18(13-25)20-12-23(19,15-28-20)16-7-9-17(24)10-8-16/h4-5,7-10,18-20,25H,6,11-15H2,1-3H3/b5-4-/t18-,19-,20-,23-/m0/s1. The first-order valence-electron chi connectivity index (χ1n) is 10.2. The fraction of sp³-hybridized carbons (Fsp3) is 0.609. The van der Waals surface area contributed by atoms with Gasteiger partial charge in [-0.15, -0.1) is 0 Å². The fourth-order valence-corrected chi connectivity index (χ4v) is 4.67. The van der Waals surface area contributed by atoms with E-state index in [1.807, 2.05) is 45.1 Å². The molecule has 2 aliphatic rings. The van der Waals surface area contributed by atoms with Gasteiger partial charge in [-0.2, -0.15) is 0 Å². The lowest BCUT2D eigenvalue weighted by Gasteiger charge is -2.38. The Labute approximate surface area is 171 Å². The molecule has 1 heterocycles. The van der Waals surface area contributed by atoms with E-state index in [2.05, 4.69) is 0 Å². The van der Waals surface area contributed by atoms with Crippen LogP contribution >= 0.6 is 0 Å². The van der Waals surface area contributed by atoms with Gasteiger partial charge in [0.1, 0.15) is 18.0 Å². The van der Waals surface area contributed by atoms with Crippen molar-refractivity contribution in [3.8, 4) is 0 Å². The van der Waals surface area contributed by atoms with Crippen LogP contribution < -0.4 is 0 Å². The van der Waals surface area contributed by atoms with Gasteiger partial charge in [-0.3, -0.25) is 0 Å². The molecule has 29 heavy (non-hydrogen) atoms. The number of carbonyl (C=O) groups excluding carboxylic acids is 1. The van der Waals surface area contributed by atoms with Crippen molar-refractivity contribution < 1.29 is 28.5 Å². The number of ether oxygens (including phenoxy) is 3. The van der Waals surface area contributed by atoms with E-state index >= 15 is 0 Å². The van der Waals surface area contributed by atoms with Crippen molar-refractivity contribution in [1.29, 1.82) is 0 Å². The summed E-state index contributed by atoms with van der Waals surface area (Å²) in [5.74, 6) is -0.373. The minimum atomic E-state index is -0.520. The first-order valence-corrected chi connectivity index (χ1v) is 10.2. The van der Waals surface area contributed by atoms with Gasteiger partial charge >= 0.3 is 5.97 Å². The number of benzene rings is 1. The maximum Gasteiger partial charge on any atom is 0.332 e. The highest BCUT2D eigenvalue weighted by Gasteiger charge is 2.58. The van der Waals surface area contributed by atoms with Gasteiger partial charge in [-0.1, -0.05) is 24.3 Å². The van der Waals surface area contributed by atoms with Crippen molar-refractivity contribution >= 4 is 5.97 Å². The third-order valence-corrected chi connectivity index (χ3v) is 5.87. The van der Waals surface area contributed by atoms with Crippen LogP contribution in [0, 0.1) is 17.7 Å². The largest absolute Gasteiger partial charge is 0.458 e. The number of allylic oxidation sites excluding steroid dienone is 1. The zero-order valence-corrected chi connectivity index (χ0v) is 17.4. The number of rotatable bonds is 8. The zero-order chi connectivity index (χ0) is 21.1. The molecule has 4 atom stereocenters. The third-order valence-electron chi connectivity index (χ3n) is 5.87. The van der Waals surface area contributed by atoms with E-state index in [-0.39, 0.29) is 48.4 Å². The van der Waals surface area contributed by atoms with E-state index < -0.39 is 5.60 Å². The van der Waals surface area contributed by atoms with Crippen LogP contribution in [0.1, 0.15) is 39.2 Å². The van der Waals surface area contributed by atoms with Crippen molar-refractivity contribution in [1.82, 2.24) is 0 Å². The lowest BCUT2D eigenvalue weighted by molar-refractivity contribution is -0.159. The molecule has 1 saturated heterocycles. The topological polar surface area (TPSA) is 65.0 Å². The molecule has 0 radical (unpaired) electrons. The minimum absolute atomic E-state index is 0.0341. The Kier molecular flexibility index (Phi) is 6.76. The molecule has 2 fully saturated rings. The van der Waals surface area contributed by atoms with Gasteiger partial charge in [0.05, 0.1) is 19.3 Å². The average Bonchev–Trinajstić information content (AvgIpc) is 3.21. The van der Waals surface area contributed by atoms with Crippen molar-refractivity contribution in [3.63, 3.8) is 0 Å².